The maximum atomic E-state index is 10.5. The van der Waals surface area contributed by atoms with Crippen LogP contribution in [0, 0.1) is 0 Å². The Hall–Kier alpha value is -1.19. The van der Waals surface area contributed by atoms with Crippen molar-refractivity contribution in [2.45, 2.75) is 17.7 Å². The minimum Gasteiger partial charge on any atom is -0.480 e. The molecule has 0 aliphatic rings. The molecule has 0 radical (unpaired) electrons. The van der Waals surface area contributed by atoms with Crippen LogP contribution < -0.4 is 11.5 Å². The van der Waals surface area contributed by atoms with Crippen LogP contribution in [0.1, 0.15) is 6.42 Å². The largest absolute Gasteiger partial charge is 0.480 e. The van der Waals surface area contributed by atoms with E-state index < -0.39 is 39.7 Å². The van der Waals surface area contributed by atoms with Crippen molar-refractivity contribution < 1.29 is 27.7 Å². The van der Waals surface area contributed by atoms with E-state index in [0.717, 1.165) is 0 Å². The van der Waals surface area contributed by atoms with E-state index in [9.17, 15) is 18.0 Å². The van der Waals surface area contributed by atoms with Gasteiger partial charge in [0.25, 0.3) is 10.1 Å². The highest BCUT2D eigenvalue weighted by Crippen LogP contribution is 2.06. The Balaban J connectivity index is 4.73. The molecule has 0 bridgehead atoms. The zero-order valence-electron chi connectivity index (χ0n) is 6.95. The molecule has 9 heteroatoms. The van der Waals surface area contributed by atoms with Crippen LogP contribution in [0.15, 0.2) is 0 Å². The molecule has 8 nitrogen and oxygen atoms in total. The van der Waals surface area contributed by atoms with E-state index in [2.05, 4.69) is 5.73 Å². The van der Waals surface area contributed by atoms with E-state index in [1.807, 2.05) is 0 Å². The number of carboxylic acids is 1. The fourth-order valence-electron chi connectivity index (χ4n) is 0.716. The Bertz CT molecular complexity index is 336. The summed E-state index contributed by atoms with van der Waals surface area (Å²) in [7, 11) is -4.71. The van der Waals surface area contributed by atoms with Crippen LogP contribution in [0.2, 0.25) is 0 Å². The Kier molecular flexibility index (Phi) is 3.98. The van der Waals surface area contributed by atoms with E-state index >= 15 is 0 Å². The van der Waals surface area contributed by atoms with Crippen molar-refractivity contribution >= 4 is 22.0 Å². The summed E-state index contributed by atoms with van der Waals surface area (Å²) in [5.74, 6) is -2.83. The molecule has 0 saturated heterocycles. The van der Waals surface area contributed by atoms with Crippen LogP contribution in [0.3, 0.4) is 0 Å². The number of primary amides is 1. The van der Waals surface area contributed by atoms with Crippen LogP contribution in [-0.2, 0) is 19.7 Å². The van der Waals surface area contributed by atoms with Gasteiger partial charge in [-0.05, 0) is 0 Å². The lowest BCUT2D eigenvalue weighted by Gasteiger charge is -2.12. The Labute approximate surface area is 79.6 Å². The van der Waals surface area contributed by atoms with E-state index in [0.29, 0.717) is 0 Å². The number of carbonyl (C=O) groups is 2. The maximum Gasteiger partial charge on any atom is 0.320 e. The normalized spacial score (nSPS) is 15.9. The average Bonchev–Trinajstić information content (AvgIpc) is 1.96. The molecule has 0 aromatic carbocycles. The third-order valence-electron chi connectivity index (χ3n) is 1.46. The quantitative estimate of drug-likeness (QED) is 0.377. The topological polar surface area (TPSA) is 161 Å². The minimum atomic E-state index is -4.71. The molecule has 0 fully saturated rings. The molecule has 14 heavy (non-hydrogen) atoms. The summed E-state index contributed by atoms with van der Waals surface area (Å²) in [6.07, 6.45) is -0.760. The van der Waals surface area contributed by atoms with Crippen molar-refractivity contribution in [1.82, 2.24) is 0 Å². The van der Waals surface area contributed by atoms with Crippen LogP contribution in [0.5, 0.6) is 0 Å². The first-order chi connectivity index (χ1) is 6.16. The molecule has 0 aliphatic carbocycles. The molecular weight excluding hydrogens is 216 g/mol. The number of hydrogen-bond donors (Lipinski definition) is 4. The maximum absolute atomic E-state index is 10.5. The Morgan fingerprint density at radius 1 is 1.36 bits per heavy atom. The highest BCUT2D eigenvalue weighted by Gasteiger charge is 2.32. The van der Waals surface area contributed by atoms with Gasteiger partial charge < -0.3 is 16.6 Å². The van der Waals surface area contributed by atoms with E-state index in [4.69, 9.17) is 15.4 Å². The lowest BCUT2D eigenvalue weighted by Crippen LogP contribution is -2.43. The fraction of sp³-hybridized carbons (Fsp3) is 0.600. The summed E-state index contributed by atoms with van der Waals surface area (Å²) in [6, 6.07) is -1.57. The first kappa shape index (κ1) is 12.8. The molecule has 0 saturated carbocycles. The first-order valence-corrected chi connectivity index (χ1v) is 4.90. The zero-order valence-corrected chi connectivity index (χ0v) is 7.77. The molecule has 2 atom stereocenters. The third kappa shape index (κ3) is 3.68. The molecule has 0 heterocycles. The number of amides is 1. The Morgan fingerprint density at radius 3 is 2.00 bits per heavy atom. The summed E-state index contributed by atoms with van der Waals surface area (Å²) in [5, 5.41) is 6.33. The molecule has 1 amide bonds. The predicted octanol–water partition coefficient (Wildman–Crippen LogP) is -2.47. The standard InChI is InChI=1S/C5H10N2O6S/c6-2(5(9)10)1-3(4(7)8)14(11,12)13/h2-3H,1,6H2,(H2,7,8)(H,9,10)(H,11,12,13)/t2-,3+/m0/s1. The van der Waals surface area contributed by atoms with Gasteiger partial charge in [0, 0.05) is 6.42 Å². The smallest absolute Gasteiger partial charge is 0.320 e. The summed E-state index contributed by atoms with van der Waals surface area (Å²) in [4.78, 5) is 20.8. The van der Waals surface area contributed by atoms with Crippen molar-refractivity contribution in [2.24, 2.45) is 11.5 Å². The molecule has 0 unspecified atom stereocenters. The number of rotatable bonds is 5. The zero-order chi connectivity index (χ0) is 11.5. The molecule has 0 rings (SSSR count). The van der Waals surface area contributed by atoms with E-state index in [-0.39, 0.29) is 0 Å². The number of carboxylic acid groups (broad SMARTS) is 1. The molecule has 82 valence electrons. The molecule has 0 aliphatic heterocycles. The first-order valence-electron chi connectivity index (χ1n) is 3.40. The van der Waals surface area contributed by atoms with Crippen molar-refractivity contribution in [3.05, 3.63) is 0 Å². The summed E-state index contributed by atoms with van der Waals surface area (Å²) < 4.78 is 29.6. The SMILES string of the molecule is NC(=O)[C@@H](C[C@H](N)C(=O)O)S(=O)(=O)O. The molecule has 6 N–H and O–H groups in total. The van der Waals surface area contributed by atoms with Crippen LogP contribution in [0.25, 0.3) is 0 Å². The van der Waals surface area contributed by atoms with Gasteiger partial charge in [-0.15, -0.1) is 0 Å². The summed E-state index contributed by atoms with van der Waals surface area (Å²) in [5.41, 5.74) is 9.61. The van der Waals surface area contributed by atoms with Crippen LogP contribution >= 0.6 is 0 Å². The molecular formula is C5H10N2O6S. The molecule has 0 spiro atoms. The lowest BCUT2D eigenvalue weighted by molar-refractivity contribution is -0.138. The molecule has 0 aromatic heterocycles. The van der Waals surface area contributed by atoms with Gasteiger partial charge in [0.15, 0.2) is 5.25 Å². The van der Waals surface area contributed by atoms with Gasteiger partial charge in [-0.3, -0.25) is 14.1 Å². The lowest BCUT2D eigenvalue weighted by atomic mass is 10.1. The second kappa shape index (κ2) is 4.35. The highest BCUT2D eigenvalue weighted by atomic mass is 32.2. The third-order valence-corrected chi connectivity index (χ3v) is 2.61. The van der Waals surface area contributed by atoms with Gasteiger partial charge in [-0.1, -0.05) is 0 Å². The monoisotopic (exact) mass is 226 g/mol. The van der Waals surface area contributed by atoms with Gasteiger partial charge in [0.1, 0.15) is 6.04 Å². The van der Waals surface area contributed by atoms with Crippen molar-refractivity contribution in [2.75, 3.05) is 0 Å². The number of aliphatic carboxylic acids is 1. The number of hydrogen-bond acceptors (Lipinski definition) is 5. The van der Waals surface area contributed by atoms with E-state index in [1.54, 1.807) is 0 Å². The number of carbonyl (C=O) groups excluding carboxylic acids is 1. The van der Waals surface area contributed by atoms with Gasteiger partial charge >= 0.3 is 5.97 Å². The van der Waals surface area contributed by atoms with Gasteiger partial charge in [-0.2, -0.15) is 8.42 Å². The average molecular weight is 226 g/mol. The summed E-state index contributed by atoms with van der Waals surface area (Å²) >= 11 is 0. The van der Waals surface area contributed by atoms with Gasteiger partial charge in [0.05, 0.1) is 0 Å². The molecule has 0 aromatic rings. The van der Waals surface area contributed by atoms with Crippen molar-refractivity contribution in [3.8, 4) is 0 Å². The minimum absolute atomic E-state index is 0.760. The number of nitrogens with two attached hydrogens (primary N) is 2. The van der Waals surface area contributed by atoms with Crippen LogP contribution in [0.4, 0.5) is 0 Å². The van der Waals surface area contributed by atoms with Crippen LogP contribution in [-0.4, -0.2) is 41.2 Å². The van der Waals surface area contributed by atoms with Crippen molar-refractivity contribution in [1.29, 1.82) is 0 Å². The second-order valence-corrected chi connectivity index (χ2v) is 4.19. The Morgan fingerprint density at radius 2 is 1.79 bits per heavy atom. The second-order valence-electron chi connectivity index (χ2n) is 2.59. The van der Waals surface area contributed by atoms with Crippen molar-refractivity contribution in [3.63, 3.8) is 0 Å². The van der Waals surface area contributed by atoms with Gasteiger partial charge in [0.2, 0.25) is 5.91 Å². The van der Waals surface area contributed by atoms with E-state index in [1.165, 1.54) is 0 Å². The van der Waals surface area contributed by atoms with Gasteiger partial charge in [-0.25, -0.2) is 0 Å². The predicted molar refractivity (Wildman–Crippen MR) is 44.8 cm³/mol. The fourth-order valence-corrected chi connectivity index (χ4v) is 1.46. The highest BCUT2D eigenvalue weighted by molar-refractivity contribution is 7.87. The summed E-state index contributed by atoms with van der Waals surface area (Å²) in [6.45, 7) is 0.